The number of rotatable bonds is 5. The third-order valence-electron chi connectivity index (χ3n) is 6.33. The number of ether oxygens (including phenoxy) is 2. The smallest absolute Gasteiger partial charge is 0.257 e. The molecule has 0 spiro atoms. The maximum absolute atomic E-state index is 13.4. The number of carbonyl (C=O) groups excluding carboxylic acids is 3. The number of anilines is 1. The van der Waals surface area contributed by atoms with Crippen molar-refractivity contribution in [2.75, 3.05) is 25.5 Å². The van der Waals surface area contributed by atoms with E-state index in [9.17, 15) is 14.4 Å². The Kier molecular flexibility index (Phi) is 7.32. The van der Waals surface area contributed by atoms with E-state index in [1.807, 2.05) is 13.0 Å². The lowest BCUT2D eigenvalue weighted by atomic mass is 9.94. The van der Waals surface area contributed by atoms with Crippen molar-refractivity contribution in [2.24, 2.45) is 0 Å². The van der Waals surface area contributed by atoms with E-state index in [4.69, 9.17) is 14.7 Å². The Morgan fingerprint density at radius 3 is 2.66 bits per heavy atom. The van der Waals surface area contributed by atoms with Crippen molar-refractivity contribution in [1.29, 1.82) is 5.26 Å². The quantitative estimate of drug-likeness (QED) is 0.685. The molecule has 0 aromatic heterocycles. The predicted molar refractivity (Wildman–Crippen MR) is 128 cm³/mol. The lowest BCUT2D eigenvalue weighted by Gasteiger charge is -2.42. The zero-order valence-corrected chi connectivity index (χ0v) is 19.7. The van der Waals surface area contributed by atoms with Crippen LogP contribution in [0.2, 0.25) is 0 Å². The van der Waals surface area contributed by atoms with Gasteiger partial charge in [0.05, 0.1) is 35.8 Å². The minimum atomic E-state index is -0.346. The van der Waals surface area contributed by atoms with Gasteiger partial charge in [-0.3, -0.25) is 14.4 Å². The average molecular weight is 477 g/mol. The maximum Gasteiger partial charge on any atom is 0.257 e. The number of nitrogens with zero attached hydrogens (tertiary/aromatic N) is 2. The van der Waals surface area contributed by atoms with Crippen LogP contribution in [0.4, 0.5) is 5.69 Å². The zero-order valence-electron chi connectivity index (χ0n) is 19.7. The van der Waals surface area contributed by atoms with Gasteiger partial charge in [-0.2, -0.15) is 5.26 Å². The summed E-state index contributed by atoms with van der Waals surface area (Å²) in [5, 5.41) is 14.5. The highest BCUT2D eigenvalue weighted by molar-refractivity contribution is 6.05. The summed E-state index contributed by atoms with van der Waals surface area (Å²) in [6.07, 6.45) is 1.09. The second kappa shape index (κ2) is 10.6. The van der Waals surface area contributed by atoms with Gasteiger partial charge < -0.3 is 25.0 Å². The second-order valence-corrected chi connectivity index (χ2v) is 8.68. The predicted octanol–water partition coefficient (Wildman–Crippen LogP) is 2.72. The molecule has 3 atom stereocenters. The van der Waals surface area contributed by atoms with E-state index >= 15 is 0 Å². The van der Waals surface area contributed by atoms with Gasteiger partial charge in [0.1, 0.15) is 18.5 Å². The Morgan fingerprint density at radius 2 is 1.94 bits per heavy atom. The summed E-state index contributed by atoms with van der Waals surface area (Å²) < 4.78 is 12.1. The van der Waals surface area contributed by atoms with Gasteiger partial charge in [0.15, 0.2) is 0 Å². The number of carbonyl (C=O) groups is 3. The van der Waals surface area contributed by atoms with Crippen LogP contribution >= 0.6 is 0 Å². The van der Waals surface area contributed by atoms with Crippen molar-refractivity contribution in [2.45, 2.75) is 44.4 Å². The first kappa shape index (κ1) is 24.2. The lowest BCUT2D eigenvalue weighted by molar-refractivity contribution is -0.133. The van der Waals surface area contributed by atoms with Crippen LogP contribution in [0, 0.1) is 11.3 Å². The van der Waals surface area contributed by atoms with Gasteiger partial charge in [0.25, 0.3) is 11.8 Å². The Balaban J connectivity index is 1.48. The summed E-state index contributed by atoms with van der Waals surface area (Å²) in [6.45, 7) is 2.70. The second-order valence-electron chi connectivity index (χ2n) is 8.68. The number of fused-ring (bicyclic) bond motifs is 2. The number of hydrogen-bond donors (Lipinski definition) is 2. The summed E-state index contributed by atoms with van der Waals surface area (Å²) in [5.74, 6) is -0.213. The Hall–Kier alpha value is -3.90. The number of nitriles is 1. The van der Waals surface area contributed by atoms with Crippen LogP contribution in [0.25, 0.3) is 0 Å². The molecule has 0 radical (unpaired) electrons. The summed E-state index contributed by atoms with van der Waals surface area (Å²) in [4.78, 5) is 39.6. The van der Waals surface area contributed by atoms with E-state index in [-0.39, 0.29) is 49.0 Å². The number of hydrogen-bond acceptors (Lipinski definition) is 6. The van der Waals surface area contributed by atoms with E-state index in [0.29, 0.717) is 47.5 Å². The molecular weight excluding hydrogens is 448 g/mol. The van der Waals surface area contributed by atoms with Crippen molar-refractivity contribution in [3.05, 3.63) is 59.2 Å². The molecule has 2 aromatic rings. The van der Waals surface area contributed by atoms with Crippen LogP contribution in [-0.2, 0) is 9.53 Å². The third kappa shape index (κ3) is 5.44. The van der Waals surface area contributed by atoms with E-state index in [0.717, 1.165) is 0 Å². The number of amides is 3. The van der Waals surface area contributed by atoms with Crippen molar-refractivity contribution < 1.29 is 23.9 Å². The van der Waals surface area contributed by atoms with Crippen molar-refractivity contribution >= 4 is 23.4 Å². The van der Waals surface area contributed by atoms with Crippen LogP contribution in [0.1, 0.15) is 52.5 Å². The first-order valence-electron chi connectivity index (χ1n) is 11.7. The molecule has 4 rings (SSSR count). The Morgan fingerprint density at radius 1 is 1.17 bits per heavy atom. The van der Waals surface area contributed by atoms with Crippen molar-refractivity contribution in [3.8, 4) is 11.8 Å². The van der Waals surface area contributed by atoms with Crippen LogP contribution < -0.4 is 15.4 Å². The Bertz CT molecular complexity index is 1160. The molecule has 1 saturated heterocycles. The van der Waals surface area contributed by atoms with E-state index in [1.54, 1.807) is 54.4 Å². The molecule has 9 nitrogen and oxygen atoms in total. The molecule has 2 aliphatic heterocycles. The van der Waals surface area contributed by atoms with Gasteiger partial charge in [-0.05, 0) is 62.2 Å². The highest BCUT2D eigenvalue weighted by Gasteiger charge is 2.39. The third-order valence-corrected chi connectivity index (χ3v) is 6.33. The summed E-state index contributed by atoms with van der Waals surface area (Å²) in [6, 6.07) is 13.1. The topological polar surface area (TPSA) is 121 Å². The summed E-state index contributed by atoms with van der Waals surface area (Å²) in [5.41, 5.74) is 1.68. The normalized spacial score (nSPS) is 21.3. The van der Waals surface area contributed by atoms with Crippen molar-refractivity contribution in [3.63, 3.8) is 0 Å². The first-order valence-corrected chi connectivity index (χ1v) is 11.7. The molecular formula is C26H28N4O5. The maximum atomic E-state index is 13.4. The zero-order chi connectivity index (χ0) is 24.9. The molecule has 2 aromatic carbocycles. The summed E-state index contributed by atoms with van der Waals surface area (Å²) in [7, 11) is 1.74. The van der Waals surface area contributed by atoms with Crippen LogP contribution in [0.15, 0.2) is 42.5 Å². The molecule has 0 unspecified atom stereocenters. The van der Waals surface area contributed by atoms with E-state index in [1.165, 1.54) is 0 Å². The molecule has 2 heterocycles. The van der Waals surface area contributed by atoms with Gasteiger partial charge >= 0.3 is 0 Å². The monoisotopic (exact) mass is 476 g/mol. The molecule has 2 N–H and O–H groups in total. The molecule has 2 aliphatic rings. The molecule has 1 fully saturated rings. The molecule has 3 amide bonds. The molecule has 9 heteroatoms. The van der Waals surface area contributed by atoms with Crippen molar-refractivity contribution in [1.82, 2.24) is 10.2 Å². The number of benzene rings is 2. The van der Waals surface area contributed by atoms with Gasteiger partial charge in [0, 0.05) is 24.8 Å². The van der Waals surface area contributed by atoms with Gasteiger partial charge in [-0.1, -0.05) is 0 Å². The first-order chi connectivity index (χ1) is 16.9. The van der Waals surface area contributed by atoms with Gasteiger partial charge in [0.2, 0.25) is 5.91 Å². The van der Waals surface area contributed by atoms with Crippen LogP contribution in [0.3, 0.4) is 0 Å². The Labute approximate surface area is 204 Å². The highest BCUT2D eigenvalue weighted by Crippen LogP contribution is 2.32. The fraction of sp³-hybridized carbons (Fsp3) is 0.385. The largest absolute Gasteiger partial charge is 0.490 e. The molecule has 182 valence electrons. The highest BCUT2D eigenvalue weighted by atomic mass is 16.5. The van der Waals surface area contributed by atoms with Gasteiger partial charge in [-0.15, -0.1) is 0 Å². The average Bonchev–Trinajstić information content (AvgIpc) is 2.86. The molecule has 35 heavy (non-hydrogen) atoms. The number of likely N-dealkylation sites (N-methyl/N-ethyl adjacent to an activating group) is 1. The standard InChI is InChI=1S/C26H28N4O5/c1-3-28-24(31)13-19-9-10-21-23(35-19)15-34-22-11-8-18(12-20(22)26(33)30(21)2)29-25(32)17-6-4-16(14-27)5-7-17/h4-8,11-12,19,21,23H,3,9-10,13,15H2,1-2H3,(H,28,31)(H,29,32)/t19-,21+,23-/m1/s1. The summed E-state index contributed by atoms with van der Waals surface area (Å²) >= 11 is 0. The minimum absolute atomic E-state index is 0.0481. The SMILES string of the molecule is CCNC(=O)C[C@H]1CC[C@H]2[C@@H](COc3ccc(NC(=O)c4ccc(C#N)cc4)cc3C(=O)N2C)O1. The fourth-order valence-electron chi connectivity index (χ4n) is 4.48. The van der Waals surface area contributed by atoms with Crippen LogP contribution in [-0.4, -0.2) is 61.1 Å². The van der Waals surface area contributed by atoms with E-state index in [2.05, 4.69) is 10.6 Å². The minimum Gasteiger partial charge on any atom is -0.490 e. The van der Waals surface area contributed by atoms with Gasteiger partial charge in [-0.25, -0.2) is 0 Å². The van der Waals surface area contributed by atoms with Crippen LogP contribution in [0.5, 0.6) is 5.75 Å². The van der Waals surface area contributed by atoms with E-state index < -0.39 is 0 Å². The fourth-order valence-corrected chi connectivity index (χ4v) is 4.48. The molecule has 0 bridgehead atoms. The lowest BCUT2D eigenvalue weighted by Crippen LogP contribution is -2.54. The number of nitrogens with one attached hydrogen (secondary N) is 2. The molecule has 0 saturated carbocycles. The molecule has 0 aliphatic carbocycles.